The van der Waals surface area contributed by atoms with E-state index in [0.29, 0.717) is 5.69 Å². The molecule has 0 radical (unpaired) electrons. The molecule has 0 amide bonds. The molecule has 0 aromatic heterocycles. The van der Waals surface area contributed by atoms with Crippen molar-refractivity contribution in [2.45, 2.75) is 24.2 Å². The molecule has 0 unspecified atom stereocenters. The fraction of sp³-hybridized carbons (Fsp3) is 0.538. The second-order valence-electron chi connectivity index (χ2n) is 5.12. The van der Waals surface area contributed by atoms with Crippen molar-refractivity contribution in [2.75, 3.05) is 37.2 Å². The SMILES string of the molecule is Nc1cc(S(N)(=O)=O)ccc1NCCCN1CCCC1. The molecular formula is C13H22N4O2S. The lowest BCUT2D eigenvalue weighted by Crippen LogP contribution is -2.22. The Kier molecular flexibility index (Phi) is 4.85. The Morgan fingerprint density at radius 2 is 1.95 bits per heavy atom. The van der Waals surface area contributed by atoms with Gasteiger partial charge in [-0.1, -0.05) is 0 Å². The smallest absolute Gasteiger partial charge is 0.238 e. The maximum atomic E-state index is 11.2. The van der Waals surface area contributed by atoms with Crippen LogP contribution < -0.4 is 16.2 Å². The number of primary sulfonamides is 1. The van der Waals surface area contributed by atoms with Gasteiger partial charge in [0.15, 0.2) is 0 Å². The van der Waals surface area contributed by atoms with Crippen molar-refractivity contribution in [3.63, 3.8) is 0 Å². The van der Waals surface area contributed by atoms with Crippen LogP contribution in [0, 0.1) is 0 Å². The lowest BCUT2D eigenvalue weighted by molar-refractivity contribution is 0.337. The second kappa shape index (κ2) is 6.43. The van der Waals surface area contributed by atoms with E-state index in [4.69, 9.17) is 10.9 Å². The number of benzene rings is 1. The fourth-order valence-electron chi connectivity index (χ4n) is 2.41. The minimum absolute atomic E-state index is 0.0395. The van der Waals surface area contributed by atoms with Gasteiger partial charge < -0.3 is 16.0 Å². The van der Waals surface area contributed by atoms with Gasteiger partial charge in [0.2, 0.25) is 10.0 Å². The third-order valence-electron chi connectivity index (χ3n) is 3.52. The van der Waals surface area contributed by atoms with E-state index >= 15 is 0 Å². The van der Waals surface area contributed by atoms with Crippen LogP contribution in [-0.2, 0) is 10.0 Å². The summed E-state index contributed by atoms with van der Waals surface area (Å²) in [7, 11) is -3.69. The Labute approximate surface area is 120 Å². The van der Waals surface area contributed by atoms with Gasteiger partial charge in [0.1, 0.15) is 0 Å². The molecule has 5 N–H and O–H groups in total. The maximum Gasteiger partial charge on any atom is 0.238 e. The highest BCUT2D eigenvalue weighted by Crippen LogP contribution is 2.21. The zero-order chi connectivity index (χ0) is 14.6. The Morgan fingerprint density at radius 1 is 1.25 bits per heavy atom. The van der Waals surface area contributed by atoms with Crippen LogP contribution in [0.2, 0.25) is 0 Å². The number of rotatable bonds is 6. The third kappa shape index (κ3) is 4.09. The van der Waals surface area contributed by atoms with Crippen LogP contribution in [0.25, 0.3) is 0 Å². The van der Waals surface area contributed by atoms with Gasteiger partial charge in [0.25, 0.3) is 0 Å². The quantitative estimate of drug-likeness (QED) is 0.533. The van der Waals surface area contributed by atoms with Crippen molar-refractivity contribution in [3.05, 3.63) is 18.2 Å². The minimum Gasteiger partial charge on any atom is -0.397 e. The first-order valence-corrected chi connectivity index (χ1v) is 8.40. The number of likely N-dealkylation sites (tertiary alicyclic amines) is 1. The van der Waals surface area contributed by atoms with E-state index < -0.39 is 10.0 Å². The molecule has 20 heavy (non-hydrogen) atoms. The van der Waals surface area contributed by atoms with E-state index in [1.54, 1.807) is 6.07 Å². The highest BCUT2D eigenvalue weighted by atomic mass is 32.2. The Bertz CT molecular complexity index is 553. The number of sulfonamides is 1. The van der Waals surface area contributed by atoms with E-state index in [1.165, 1.54) is 38.1 Å². The Balaban J connectivity index is 1.83. The highest BCUT2D eigenvalue weighted by molar-refractivity contribution is 7.89. The summed E-state index contributed by atoms with van der Waals surface area (Å²) in [5, 5.41) is 8.29. The highest BCUT2D eigenvalue weighted by Gasteiger charge is 2.11. The average molecular weight is 298 g/mol. The molecule has 1 heterocycles. The van der Waals surface area contributed by atoms with Gasteiger partial charge >= 0.3 is 0 Å². The van der Waals surface area contributed by atoms with E-state index in [9.17, 15) is 8.42 Å². The molecule has 0 aliphatic carbocycles. The molecule has 1 aliphatic rings. The van der Waals surface area contributed by atoms with E-state index in [-0.39, 0.29) is 4.90 Å². The lowest BCUT2D eigenvalue weighted by atomic mass is 10.2. The van der Waals surface area contributed by atoms with Gasteiger partial charge in [0.05, 0.1) is 16.3 Å². The van der Waals surface area contributed by atoms with Crippen LogP contribution in [0.5, 0.6) is 0 Å². The molecule has 0 atom stereocenters. The normalized spacial score (nSPS) is 16.4. The lowest BCUT2D eigenvalue weighted by Gasteiger charge is -2.15. The van der Waals surface area contributed by atoms with E-state index in [0.717, 1.165) is 25.2 Å². The van der Waals surface area contributed by atoms with Crippen molar-refractivity contribution in [1.82, 2.24) is 4.90 Å². The molecule has 0 spiro atoms. The number of nitrogens with zero attached hydrogens (tertiary/aromatic N) is 1. The van der Waals surface area contributed by atoms with Gasteiger partial charge in [-0.05, 0) is 57.1 Å². The average Bonchev–Trinajstić information content (AvgIpc) is 2.88. The Hall–Kier alpha value is -1.31. The van der Waals surface area contributed by atoms with Crippen molar-refractivity contribution in [2.24, 2.45) is 5.14 Å². The summed E-state index contributed by atoms with van der Waals surface area (Å²) in [6.07, 6.45) is 3.64. The van der Waals surface area contributed by atoms with Crippen molar-refractivity contribution in [3.8, 4) is 0 Å². The first-order valence-electron chi connectivity index (χ1n) is 6.85. The number of nitrogens with one attached hydrogen (secondary N) is 1. The molecule has 1 aromatic rings. The summed E-state index contributed by atoms with van der Waals surface area (Å²) in [5.74, 6) is 0. The molecule has 1 fully saturated rings. The molecule has 2 rings (SSSR count). The zero-order valence-corrected chi connectivity index (χ0v) is 12.3. The van der Waals surface area contributed by atoms with E-state index in [2.05, 4.69) is 10.2 Å². The van der Waals surface area contributed by atoms with Crippen LogP contribution in [0.1, 0.15) is 19.3 Å². The topological polar surface area (TPSA) is 101 Å². The zero-order valence-electron chi connectivity index (χ0n) is 11.5. The van der Waals surface area contributed by atoms with Crippen molar-refractivity contribution in [1.29, 1.82) is 0 Å². The van der Waals surface area contributed by atoms with Crippen LogP contribution in [-0.4, -0.2) is 39.5 Å². The minimum atomic E-state index is -3.69. The second-order valence-corrected chi connectivity index (χ2v) is 6.68. The first kappa shape index (κ1) is 15.1. The number of anilines is 2. The fourth-order valence-corrected chi connectivity index (χ4v) is 2.96. The number of hydrogen-bond donors (Lipinski definition) is 3. The first-order chi connectivity index (χ1) is 9.47. The van der Waals surface area contributed by atoms with Crippen LogP contribution in [0.3, 0.4) is 0 Å². The van der Waals surface area contributed by atoms with Crippen molar-refractivity contribution < 1.29 is 8.42 Å². The predicted molar refractivity (Wildman–Crippen MR) is 81.0 cm³/mol. The monoisotopic (exact) mass is 298 g/mol. The van der Waals surface area contributed by atoms with E-state index in [1.807, 2.05) is 0 Å². The molecule has 1 aromatic carbocycles. The van der Waals surface area contributed by atoms with Gasteiger partial charge in [-0.3, -0.25) is 0 Å². The van der Waals surface area contributed by atoms with Gasteiger partial charge in [-0.2, -0.15) is 0 Å². The third-order valence-corrected chi connectivity index (χ3v) is 4.43. The summed E-state index contributed by atoms with van der Waals surface area (Å²) < 4.78 is 22.4. The summed E-state index contributed by atoms with van der Waals surface area (Å²) in [6.45, 7) is 4.30. The molecule has 7 heteroatoms. The standard InChI is InChI=1S/C13H22N4O2S/c14-12-10-11(20(15,18)19)4-5-13(12)16-6-3-9-17-7-1-2-8-17/h4-5,10,16H,1-3,6-9,14H2,(H2,15,18,19). The number of hydrogen-bond acceptors (Lipinski definition) is 5. The molecule has 1 saturated heterocycles. The number of nitrogen functional groups attached to an aromatic ring is 1. The van der Waals surface area contributed by atoms with Gasteiger partial charge in [-0.15, -0.1) is 0 Å². The van der Waals surface area contributed by atoms with Crippen molar-refractivity contribution >= 4 is 21.4 Å². The Morgan fingerprint density at radius 3 is 2.55 bits per heavy atom. The number of nitrogens with two attached hydrogens (primary N) is 2. The van der Waals surface area contributed by atoms with Crippen LogP contribution in [0.15, 0.2) is 23.1 Å². The van der Waals surface area contributed by atoms with Crippen LogP contribution >= 0.6 is 0 Å². The molecule has 0 bridgehead atoms. The largest absolute Gasteiger partial charge is 0.397 e. The predicted octanol–water partition coefficient (Wildman–Crippen LogP) is 0.814. The maximum absolute atomic E-state index is 11.2. The summed E-state index contributed by atoms with van der Waals surface area (Å²) in [6, 6.07) is 4.51. The van der Waals surface area contributed by atoms with Crippen LogP contribution in [0.4, 0.5) is 11.4 Å². The molecule has 112 valence electrons. The van der Waals surface area contributed by atoms with Gasteiger partial charge in [-0.25, -0.2) is 13.6 Å². The molecular weight excluding hydrogens is 276 g/mol. The molecule has 6 nitrogen and oxygen atoms in total. The summed E-state index contributed by atoms with van der Waals surface area (Å²) >= 11 is 0. The summed E-state index contributed by atoms with van der Waals surface area (Å²) in [5.41, 5.74) is 6.98. The van der Waals surface area contributed by atoms with Gasteiger partial charge in [0, 0.05) is 6.54 Å². The summed E-state index contributed by atoms with van der Waals surface area (Å²) in [4.78, 5) is 2.49. The molecule has 0 saturated carbocycles. The molecule has 1 aliphatic heterocycles.